The number of hydrogen-bond donors (Lipinski definition) is 2. The minimum absolute atomic E-state index is 0.0624. The quantitative estimate of drug-likeness (QED) is 0.784. The number of halogens is 2. The van der Waals surface area contributed by atoms with Crippen LogP contribution < -0.4 is 15.8 Å². The summed E-state index contributed by atoms with van der Waals surface area (Å²) in [4.78, 5) is 28.5. The van der Waals surface area contributed by atoms with Crippen molar-refractivity contribution in [1.82, 2.24) is 15.0 Å². The molecule has 2 aromatic rings. The van der Waals surface area contributed by atoms with Crippen molar-refractivity contribution in [3.05, 3.63) is 53.6 Å². The number of nitrogens with zero attached hydrogens (tertiary/aromatic N) is 4. The van der Waals surface area contributed by atoms with Crippen molar-refractivity contribution >= 4 is 28.5 Å². The Morgan fingerprint density at radius 2 is 2.11 bits per heavy atom. The lowest BCUT2D eigenvalue weighted by atomic mass is 9.98. The number of amidine groups is 1. The third kappa shape index (κ3) is 4.80. The molecule has 8 nitrogen and oxygen atoms in total. The fourth-order valence-corrected chi connectivity index (χ4v) is 3.04. The van der Waals surface area contributed by atoms with Crippen LogP contribution in [0.5, 0.6) is 5.88 Å². The fourth-order valence-electron chi connectivity index (χ4n) is 2.32. The summed E-state index contributed by atoms with van der Waals surface area (Å²) in [5.41, 5.74) is 6.02. The van der Waals surface area contributed by atoms with Gasteiger partial charge in [0.2, 0.25) is 5.88 Å². The molecule has 3 N–H and O–H groups in total. The fraction of sp³-hybridized carbons (Fsp3) is 0.235. The average molecular weight is 406 g/mol. The summed E-state index contributed by atoms with van der Waals surface area (Å²) in [6.07, 6.45) is 2.00. The molecule has 11 heteroatoms. The SMILES string of the molecule is CC(F)(F)Oc1cnc(C(=O)Nc2ccnc([C@]3(C)C=CSC(N)=N3)c2)cn1. The van der Waals surface area contributed by atoms with E-state index in [9.17, 15) is 13.6 Å². The number of anilines is 1. The first-order valence-corrected chi connectivity index (χ1v) is 8.89. The number of ether oxygens (including phenoxy) is 1. The Bertz CT molecular complexity index is 945. The Hall–Kier alpha value is -3.08. The number of aliphatic imine (C=N–C) groups is 1. The first kappa shape index (κ1) is 19.7. The molecule has 1 atom stereocenters. The minimum Gasteiger partial charge on any atom is -0.413 e. The number of thioether (sulfide) groups is 1. The van der Waals surface area contributed by atoms with Gasteiger partial charge in [0.25, 0.3) is 5.91 Å². The Balaban J connectivity index is 1.74. The average Bonchev–Trinajstić information content (AvgIpc) is 2.61. The van der Waals surface area contributed by atoms with E-state index in [1.54, 1.807) is 12.1 Å². The summed E-state index contributed by atoms with van der Waals surface area (Å²) < 4.78 is 29.9. The first-order valence-electron chi connectivity index (χ1n) is 8.01. The van der Waals surface area contributed by atoms with E-state index in [0.717, 1.165) is 12.4 Å². The third-order valence-electron chi connectivity index (χ3n) is 3.60. The molecule has 0 spiro atoms. The zero-order valence-electron chi connectivity index (χ0n) is 14.9. The van der Waals surface area contributed by atoms with Gasteiger partial charge in [-0.3, -0.25) is 9.78 Å². The van der Waals surface area contributed by atoms with Crippen LogP contribution in [0.3, 0.4) is 0 Å². The Labute approximate surface area is 163 Å². The van der Waals surface area contributed by atoms with Crippen LogP contribution in [0.15, 0.2) is 47.2 Å². The number of nitrogens with two attached hydrogens (primary N) is 1. The molecule has 0 saturated heterocycles. The van der Waals surface area contributed by atoms with Crippen LogP contribution in [-0.2, 0) is 5.54 Å². The largest absolute Gasteiger partial charge is 0.413 e. The van der Waals surface area contributed by atoms with E-state index in [4.69, 9.17) is 5.73 Å². The van der Waals surface area contributed by atoms with E-state index < -0.39 is 17.6 Å². The molecule has 0 aromatic carbocycles. The summed E-state index contributed by atoms with van der Waals surface area (Å²) in [5.74, 6) is -0.956. The highest BCUT2D eigenvalue weighted by Crippen LogP contribution is 2.32. The predicted octanol–water partition coefficient (Wildman–Crippen LogP) is 2.91. The van der Waals surface area contributed by atoms with Gasteiger partial charge in [-0.15, -0.1) is 0 Å². The maximum Gasteiger partial charge on any atom is 0.396 e. The summed E-state index contributed by atoms with van der Waals surface area (Å²) >= 11 is 1.31. The van der Waals surface area contributed by atoms with Crippen molar-refractivity contribution in [2.45, 2.75) is 25.5 Å². The molecule has 0 bridgehead atoms. The number of aromatic nitrogens is 3. The number of pyridine rings is 1. The van der Waals surface area contributed by atoms with Crippen molar-refractivity contribution in [1.29, 1.82) is 0 Å². The maximum absolute atomic E-state index is 12.8. The zero-order chi connectivity index (χ0) is 20.4. The number of carbonyl (C=O) groups excluding carboxylic acids is 1. The van der Waals surface area contributed by atoms with Gasteiger partial charge in [-0.05, 0) is 30.5 Å². The van der Waals surface area contributed by atoms with Crippen LogP contribution in [0.25, 0.3) is 0 Å². The minimum atomic E-state index is -3.39. The van der Waals surface area contributed by atoms with Gasteiger partial charge in [-0.1, -0.05) is 11.8 Å². The van der Waals surface area contributed by atoms with E-state index in [1.165, 1.54) is 18.0 Å². The van der Waals surface area contributed by atoms with Crippen LogP contribution in [0.2, 0.25) is 0 Å². The highest BCUT2D eigenvalue weighted by atomic mass is 32.2. The molecule has 0 saturated carbocycles. The molecule has 3 heterocycles. The molecule has 146 valence electrons. The first-order chi connectivity index (χ1) is 13.1. The number of amides is 1. The van der Waals surface area contributed by atoms with Gasteiger partial charge in [0.15, 0.2) is 5.17 Å². The van der Waals surface area contributed by atoms with Crippen molar-refractivity contribution in [2.75, 3.05) is 5.32 Å². The van der Waals surface area contributed by atoms with Crippen LogP contribution in [0, 0.1) is 0 Å². The van der Waals surface area contributed by atoms with Gasteiger partial charge in [0.1, 0.15) is 11.2 Å². The lowest BCUT2D eigenvalue weighted by Crippen LogP contribution is -2.25. The van der Waals surface area contributed by atoms with Gasteiger partial charge in [-0.2, -0.15) is 8.78 Å². The van der Waals surface area contributed by atoms with Gasteiger partial charge in [0, 0.05) is 18.8 Å². The number of carbonyl (C=O) groups is 1. The molecule has 0 aliphatic carbocycles. The van der Waals surface area contributed by atoms with Gasteiger partial charge >= 0.3 is 6.11 Å². The second-order valence-electron chi connectivity index (χ2n) is 6.05. The smallest absolute Gasteiger partial charge is 0.396 e. The van der Waals surface area contributed by atoms with E-state index >= 15 is 0 Å². The zero-order valence-corrected chi connectivity index (χ0v) is 15.7. The second kappa shape index (κ2) is 7.50. The monoisotopic (exact) mass is 406 g/mol. The van der Waals surface area contributed by atoms with E-state index in [0.29, 0.717) is 23.5 Å². The summed E-state index contributed by atoms with van der Waals surface area (Å²) in [6.45, 7) is 2.42. The van der Waals surface area contributed by atoms with E-state index in [2.05, 4.69) is 30.0 Å². The Kier molecular flexibility index (Phi) is 5.27. The lowest BCUT2D eigenvalue weighted by Gasteiger charge is -2.24. The summed E-state index contributed by atoms with van der Waals surface area (Å²) in [5, 5.41) is 4.90. The Morgan fingerprint density at radius 1 is 1.32 bits per heavy atom. The highest BCUT2D eigenvalue weighted by molar-refractivity contribution is 8.16. The van der Waals surface area contributed by atoms with Crippen molar-refractivity contribution < 1.29 is 18.3 Å². The van der Waals surface area contributed by atoms with Crippen LogP contribution in [0.4, 0.5) is 14.5 Å². The number of nitrogens with one attached hydrogen (secondary N) is 1. The lowest BCUT2D eigenvalue weighted by molar-refractivity contribution is -0.161. The molecule has 0 unspecified atom stereocenters. The van der Waals surface area contributed by atoms with Crippen molar-refractivity contribution in [3.8, 4) is 5.88 Å². The Morgan fingerprint density at radius 3 is 2.75 bits per heavy atom. The molecule has 28 heavy (non-hydrogen) atoms. The van der Waals surface area contributed by atoms with E-state index in [-0.39, 0.29) is 11.6 Å². The predicted molar refractivity (Wildman–Crippen MR) is 101 cm³/mol. The normalized spacial score (nSPS) is 19.1. The van der Waals surface area contributed by atoms with Crippen LogP contribution in [-0.4, -0.2) is 32.1 Å². The van der Waals surface area contributed by atoms with Crippen LogP contribution >= 0.6 is 11.8 Å². The molecule has 1 aliphatic heterocycles. The molecular formula is C17H16F2N6O2S. The number of hydrogen-bond acceptors (Lipinski definition) is 8. The number of rotatable bonds is 5. The standard InChI is InChI=1S/C17H16F2N6O2S/c1-16(4-6-28-15(20)25-16)12-7-10(3-5-21-12)24-14(26)11-8-23-13(9-22-11)27-17(2,18)19/h3-9H,1-2H3,(H2,20,25)(H,21,24,26)/t16-/m0/s1. The molecule has 1 aliphatic rings. The highest BCUT2D eigenvalue weighted by Gasteiger charge is 2.28. The van der Waals surface area contributed by atoms with Gasteiger partial charge < -0.3 is 15.8 Å². The molecule has 0 radical (unpaired) electrons. The second-order valence-corrected chi connectivity index (χ2v) is 6.98. The molecule has 2 aromatic heterocycles. The molecule has 1 amide bonds. The van der Waals surface area contributed by atoms with E-state index in [1.807, 2.05) is 18.4 Å². The molecule has 0 fully saturated rings. The van der Waals surface area contributed by atoms with Crippen molar-refractivity contribution in [3.63, 3.8) is 0 Å². The molecular weight excluding hydrogens is 390 g/mol. The van der Waals surface area contributed by atoms with Crippen LogP contribution in [0.1, 0.15) is 30.0 Å². The van der Waals surface area contributed by atoms with Gasteiger partial charge in [0.05, 0.1) is 18.1 Å². The number of alkyl halides is 2. The molecule has 3 rings (SSSR count). The maximum atomic E-state index is 12.8. The topological polar surface area (TPSA) is 115 Å². The third-order valence-corrected chi connectivity index (χ3v) is 4.21. The van der Waals surface area contributed by atoms with Gasteiger partial charge in [-0.25, -0.2) is 15.0 Å². The van der Waals surface area contributed by atoms with Crippen molar-refractivity contribution in [2.24, 2.45) is 10.7 Å². The summed E-state index contributed by atoms with van der Waals surface area (Å²) in [6, 6.07) is 3.26. The summed E-state index contributed by atoms with van der Waals surface area (Å²) in [7, 11) is 0.